The van der Waals surface area contributed by atoms with Crippen LogP contribution in [0, 0.1) is 19.8 Å². The Balaban J connectivity index is 3.54. The summed E-state index contributed by atoms with van der Waals surface area (Å²) in [7, 11) is 0. The first-order valence-corrected chi connectivity index (χ1v) is 15.0. The Morgan fingerprint density at radius 1 is 0.949 bits per heavy atom. The Morgan fingerprint density at radius 3 is 2.18 bits per heavy atom. The number of aryl methyl sites for hydroxylation is 2. The number of hydrogen-bond acceptors (Lipinski definition) is 4. The molecule has 0 aromatic heterocycles. The number of nitrogens with zero attached hydrogens (tertiary/aromatic N) is 1. The van der Waals surface area contributed by atoms with Crippen LogP contribution in [0.4, 0.5) is 4.79 Å². The first-order valence-electron chi connectivity index (χ1n) is 15.0. The zero-order valence-electron chi connectivity index (χ0n) is 26.1. The van der Waals surface area contributed by atoms with Crippen molar-refractivity contribution < 1.29 is 19.1 Å². The highest BCUT2D eigenvalue weighted by Crippen LogP contribution is 2.28. The number of benzene rings is 1. The Hall–Kier alpha value is -2.57. The third-order valence-corrected chi connectivity index (χ3v) is 7.06. The summed E-state index contributed by atoms with van der Waals surface area (Å²) >= 11 is 0. The fourth-order valence-corrected chi connectivity index (χ4v) is 4.54. The van der Waals surface area contributed by atoms with Crippen LogP contribution in [0.2, 0.25) is 0 Å². The monoisotopic (exact) mass is 545 g/mol. The summed E-state index contributed by atoms with van der Waals surface area (Å²) in [5, 5.41) is 5.94. The van der Waals surface area contributed by atoms with E-state index < -0.39 is 23.8 Å². The number of amides is 3. The van der Waals surface area contributed by atoms with Crippen LogP contribution in [0.25, 0.3) is 0 Å². The SMILES string of the molecule is CCCCCCCN(C(=O)C(NC(=O)OC(C)(C)C)C(C)CC)C(C(=O)NCCCC)c1cc(C)ccc1C. The molecule has 0 saturated heterocycles. The maximum Gasteiger partial charge on any atom is 0.408 e. The molecule has 7 heteroatoms. The minimum absolute atomic E-state index is 0.144. The summed E-state index contributed by atoms with van der Waals surface area (Å²) < 4.78 is 5.51. The fraction of sp³-hybridized carbons (Fsp3) is 0.719. The molecule has 1 aromatic carbocycles. The van der Waals surface area contributed by atoms with Crippen LogP contribution in [0.5, 0.6) is 0 Å². The first-order chi connectivity index (χ1) is 18.4. The molecule has 3 unspecified atom stereocenters. The highest BCUT2D eigenvalue weighted by atomic mass is 16.6. The lowest BCUT2D eigenvalue weighted by Gasteiger charge is -2.36. The van der Waals surface area contributed by atoms with Crippen LogP contribution in [0.1, 0.15) is 123 Å². The molecular weight excluding hydrogens is 490 g/mol. The summed E-state index contributed by atoms with van der Waals surface area (Å²) in [5.74, 6) is -0.573. The van der Waals surface area contributed by atoms with Crippen molar-refractivity contribution >= 4 is 17.9 Å². The maximum absolute atomic E-state index is 14.4. The highest BCUT2D eigenvalue weighted by Gasteiger charge is 2.38. The van der Waals surface area contributed by atoms with Gasteiger partial charge in [-0.05, 0) is 64.5 Å². The first kappa shape index (κ1) is 34.5. The average molecular weight is 546 g/mol. The van der Waals surface area contributed by atoms with Gasteiger partial charge in [0.05, 0.1) is 0 Å². The second kappa shape index (κ2) is 17.2. The number of alkyl carbamates (subject to hydrolysis) is 1. The molecule has 0 spiro atoms. The van der Waals surface area contributed by atoms with E-state index in [-0.39, 0.29) is 17.7 Å². The zero-order valence-corrected chi connectivity index (χ0v) is 26.1. The topological polar surface area (TPSA) is 87.7 Å². The predicted octanol–water partition coefficient (Wildman–Crippen LogP) is 7.00. The molecule has 7 nitrogen and oxygen atoms in total. The molecule has 0 radical (unpaired) electrons. The number of ether oxygens (including phenoxy) is 1. The summed E-state index contributed by atoms with van der Waals surface area (Å²) in [5.41, 5.74) is 2.13. The molecule has 3 amide bonds. The van der Waals surface area contributed by atoms with E-state index in [0.717, 1.165) is 61.6 Å². The van der Waals surface area contributed by atoms with Crippen LogP contribution in [-0.4, -0.2) is 47.5 Å². The molecule has 222 valence electrons. The molecule has 1 rings (SSSR count). The molecule has 1 aromatic rings. The van der Waals surface area contributed by atoms with Gasteiger partial charge in [-0.3, -0.25) is 9.59 Å². The lowest BCUT2D eigenvalue weighted by molar-refractivity contribution is -0.143. The molecule has 0 saturated carbocycles. The summed E-state index contributed by atoms with van der Waals surface area (Å²) in [6.07, 6.45) is 7.01. The third-order valence-electron chi connectivity index (χ3n) is 7.06. The van der Waals surface area contributed by atoms with E-state index in [1.54, 1.807) is 25.7 Å². The van der Waals surface area contributed by atoms with E-state index in [1.165, 1.54) is 0 Å². The Morgan fingerprint density at radius 2 is 1.59 bits per heavy atom. The van der Waals surface area contributed by atoms with Gasteiger partial charge < -0.3 is 20.3 Å². The quantitative estimate of drug-likeness (QED) is 0.219. The van der Waals surface area contributed by atoms with Crippen molar-refractivity contribution in [1.82, 2.24) is 15.5 Å². The van der Waals surface area contributed by atoms with Gasteiger partial charge in [0, 0.05) is 13.1 Å². The number of rotatable bonds is 16. The van der Waals surface area contributed by atoms with E-state index in [1.807, 2.05) is 45.9 Å². The zero-order chi connectivity index (χ0) is 29.6. The summed E-state index contributed by atoms with van der Waals surface area (Å²) in [6, 6.07) is 4.44. The van der Waals surface area contributed by atoms with Crippen molar-refractivity contribution in [2.24, 2.45) is 5.92 Å². The minimum Gasteiger partial charge on any atom is -0.444 e. The van der Waals surface area contributed by atoms with Gasteiger partial charge in [0.15, 0.2) is 0 Å². The predicted molar refractivity (Wildman–Crippen MR) is 160 cm³/mol. The van der Waals surface area contributed by atoms with Gasteiger partial charge in [-0.1, -0.05) is 90.0 Å². The molecule has 0 heterocycles. The number of hydrogen-bond donors (Lipinski definition) is 2. The normalized spacial score (nSPS) is 13.8. The van der Waals surface area contributed by atoms with E-state index in [4.69, 9.17) is 4.74 Å². The van der Waals surface area contributed by atoms with Gasteiger partial charge in [0.1, 0.15) is 17.7 Å². The van der Waals surface area contributed by atoms with Gasteiger partial charge in [-0.2, -0.15) is 0 Å². The molecule has 3 atom stereocenters. The van der Waals surface area contributed by atoms with Gasteiger partial charge in [-0.25, -0.2) is 4.79 Å². The van der Waals surface area contributed by atoms with E-state index in [0.29, 0.717) is 19.5 Å². The molecule has 0 fully saturated rings. The van der Waals surface area contributed by atoms with E-state index in [2.05, 4.69) is 24.5 Å². The molecule has 0 aliphatic carbocycles. The van der Waals surface area contributed by atoms with Crippen molar-refractivity contribution in [3.8, 4) is 0 Å². The molecule has 0 bridgehead atoms. The second-order valence-corrected chi connectivity index (χ2v) is 11.9. The number of carbonyl (C=O) groups is 3. The molecule has 2 N–H and O–H groups in total. The van der Waals surface area contributed by atoms with Gasteiger partial charge in [-0.15, -0.1) is 0 Å². The van der Waals surface area contributed by atoms with Crippen molar-refractivity contribution in [2.75, 3.05) is 13.1 Å². The van der Waals surface area contributed by atoms with Crippen molar-refractivity contribution in [3.05, 3.63) is 34.9 Å². The number of unbranched alkanes of at least 4 members (excludes halogenated alkanes) is 5. The molecule has 0 aliphatic heterocycles. The van der Waals surface area contributed by atoms with Gasteiger partial charge in [0.2, 0.25) is 11.8 Å². The van der Waals surface area contributed by atoms with E-state index in [9.17, 15) is 14.4 Å². The molecule has 0 aliphatic rings. The van der Waals surface area contributed by atoms with Crippen LogP contribution >= 0.6 is 0 Å². The lowest BCUT2D eigenvalue weighted by atomic mass is 9.93. The Labute approximate surface area is 237 Å². The minimum atomic E-state index is -0.809. The van der Waals surface area contributed by atoms with Gasteiger partial charge in [0.25, 0.3) is 0 Å². The lowest BCUT2D eigenvalue weighted by Crippen LogP contribution is -2.55. The maximum atomic E-state index is 14.4. The van der Waals surface area contributed by atoms with Crippen molar-refractivity contribution in [3.63, 3.8) is 0 Å². The van der Waals surface area contributed by atoms with Crippen LogP contribution in [-0.2, 0) is 14.3 Å². The van der Waals surface area contributed by atoms with Crippen molar-refractivity contribution in [1.29, 1.82) is 0 Å². The second-order valence-electron chi connectivity index (χ2n) is 11.9. The van der Waals surface area contributed by atoms with Crippen molar-refractivity contribution in [2.45, 2.75) is 131 Å². The largest absolute Gasteiger partial charge is 0.444 e. The number of nitrogens with one attached hydrogen (secondary N) is 2. The smallest absolute Gasteiger partial charge is 0.408 e. The summed E-state index contributed by atoms with van der Waals surface area (Å²) in [4.78, 5) is 42.7. The summed E-state index contributed by atoms with van der Waals surface area (Å²) in [6.45, 7) is 18.6. The Kier molecular flexibility index (Phi) is 15.2. The molecule has 39 heavy (non-hydrogen) atoms. The van der Waals surface area contributed by atoms with Crippen LogP contribution in [0.15, 0.2) is 18.2 Å². The number of carbonyl (C=O) groups excluding carboxylic acids is 3. The van der Waals surface area contributed by atoms with Crippen LogP contribution < -0.4 is 10.6 Å². The van der Waals surface area contributed by atoms with E-state index >= 15 is 0 Å². The third kappa shape index (κ3) is 12.0. The molecular formula is C32H55N3O4. The fourth-order valence-electron chi connectivity index (χ4n) is 4.54. The van der Waals surface area contributed by atoms with Gasteiger partial charge >= 0.3 is 6.09 Å². The van der Waals surface area contributed by atoms with Crippen LogP contribution in [0.3, 0.4) is 0 Å². The Bertz CT molecular complexity index is 909. The highest BCUT2D eigenvalue weighted by molar-refractivity contribution is 5.92. The average Bonchev–Trinajstić information content (AvgIpc) is 2.86. The standard InChI is InChI=1S/C32H55N3O4/c1-10-13-15-16-17-21-35(30(37)27(24(5)12-3)34-31(38)39-32(7,8)9)28(29(36)33-20-14-11-2)26-22-23(4)18-19-25(26)6/h18-19,22,24,27-28H,10-17,20-21H2,1-9H3,(H,33,36)(H,34,38).